The van der Waals surface area contributed by atoms with Crippen molar-refractivity contribution in [2.24, 2.45) is 0 Å². The lowest BCUT2D eigenvalue weighted by atomic mass is 9.97. The molecular weight excluding hydrogens is 669 g/mol. The maximum Gasteiger partial charge on any atom is 0.194 e. The van der Waals surface area contributed by atoms with E-state index in [1.54, 1.807) is 0 Å². The molecule has 0 aliphatic carbocycles. The fourth-order valence-electron chi connectivity index (χ4n) is 7.82. The van der Waals surface area contributed by atoms with Crippen molar-refractivity contribution < 1.29 is 0 Å². The Morgan fingerprint density at radius 1 is 0.400 bits per heavy atom. The Hall–Kier alpha value is -7.61. The van der Waals surface area contributed by atoms with Crippen LogP contribution in [0.25, 0.3) is 99.3 Å². The fraction of sp³-hybridized carbons (Fsp3) is 0. The van der Waals surface area contributed by atoms with Gasteiger partial charge in [0.25, 0.3) is 0 Å². The van der Waals surface area contributed by atoms with Gasteiger partial charge in [-0.2, -0.15) is 0 Å². The van der Waals surface area contributed by atoms with Crippen LogP contribution in [0.1, 0.15) is 0 Å². The summed E-state index contributed by atoms with van der Waals surface area (Å²) in [7, 11) is 0. The van der Waals surface area contributed by atoms with Gasteiger partial charge in [0.2, 0.25) is 0 Å². The first-order valence-electron chi connectivity index (χ1n) is 18.4. The first-order chi connectivity index (χ1) is 27.2. The monoisotopic (exact) mass is 700 g/mol. The van der Waals surface area contributed by atoms with Gasteiger partial charge in [0.05, 0.1) is 29.0 Å². The predicted molar refractivity (Wildman–Crippen MR) is 227 cm³/mol. The molecule has 10 aromatic rings. The van der Waals surface area contributed by atoms with Crippen LogP contribution in [-0.4, -0.2) is 14.5 Å². The highest BCUT2D eigenvalue weighted by Gasteiger charge is 2.18. The number of hydrogen-bond donors (Lipinski definition) is 0. The highest BCUT2D eigenvalue weighted by atomic mass is 15.0. The van der Waals surface area contributed by atoms with E-state index in [4.69, 9.17) is 16.5 Å². The Morgan fingerprint density at radius 3 is 1.84 bits per heavy atom. The van der Waals surface area contributed by atoms with Crippen molar-refractivity contribution in [1.29, 1.82) is 0 Å². The van der Waals surface area contributed by atoms with Crippen LogP contribution in [0.15, 0.2) is 194 Å². The lowest BCUT2D eigenvalue weighted by molar-refractivity contribution is 1.16. The minimum Gasteiger partial charge on any atom is -0.309 e. The number of benzene rings is 8. The van der Waals surface area contributed by atoms with Crippen molar-refractivity contribution in [3.05, 3.63) is 206 Å². The van der Waals surface area contributed by atoms with E-state index in [0.29, 0.717) is 11.5 Å². The summed E-state index contributed by atoms with van der Waals surface area (Å²) >= 11 is 0. The quantitative estimate of drug-likeness (QED) is 0.162. The first-order valence-corrected chi connectivity index (χ1v) is 18.4. The average molecular weight is 701 g/mol. The lowest BCUT2D eigenvalue weighted by Crippen LogP contribution is -1.99. The molecule has 55 heavy (non-hydrogen) atoms. The van der Waals surface area contributed by atoms with Crippen LogP contribution in [-0.2, 0) is 0 Å². The van der Waals surface area contributed by atoms with E-state index < -0.39 is 0 Å². The minimum atomic E-state index is 0.601. The molecule has 0 saturated heterocycles. The molecule has 0 saturated carbocycles. The van der Waals surface area contributed by atoms with Gasteiger partial charge in [-0.15, -0.1) is 0 Å². The van der Waals surface area contributed by atoms with Gasteiger partial charge in [-0.25, -0.2) is 14.8 Å². The van der Waals surface area contributed by atoms with E-state index in [1.807, 2.05) is 72.8 Å². The Kier molecular flexibility index (Phi) is 7.83. The topological polar surface area (TPSA) is 35.1 Å². The summed E-state index contributed by atoms with van der Waals surface area (Å²) in [6.07, 6.45) is 0. The molecule has 0 spiro atoms. The van der Waals surface area contributed by atoms with Crippen molar-refractivity contribution in [3.63, 3.8) is 0 Å². The molecule has 0 radical (unpaired) electrons. The molecule has 0 amide bonds. The van der Waals surface area contributed by atoms with Gasteiger partial charge in [0, 0.05) is 33.2 Å². The normalized spacial score (nSPS) is 11.3. The van der Waals surface area contributed by atoms with Crippen molar-refractivity contribution in [1.82, 2.24) is 14.5 Å². The van der Waals surface area contributed by atoms with Crippen molar-refractivity contribution >= 4 is 38.3 Å². The van der Waals surface area contributed by atoms with E-state index >= 15 is 0 Å². The highest BCUT2D eigenvalue weighted by molar-refractivity contribution is 6.11. The second-order valence-electron chi connectivity index (χ2n) is 13.7. The number of para-hydroxylation sites is 2. The fourth-order valence-corrected chi connectivity index (χ4v) is 7.82. The van der Waals surface area contributed by atoms with Gasteiger partial charge < -0.3 is 4.57 Å². The zero-order valence-electron chi connectivity index (χ0n) is 29.8. The van der Waals surface area contributed by atoms with Crippen LogP contribution in [0.2, 0.25) is 0 Å². The largest absolute Gasteiger partial charge is 0.309 e. The number of fused-ring (bicyclic) bond motifs is 4. The van der Waals surface area contributed by atoms with Crippen LogP contribution < -0.4 is 0 Å². The van der Waals surface area contributed by atoms with E-state index in [9.17, 15) is 0 Å². The predicted octanol–water partition coefficient (Wildman–Crippen LogP) is 13.6. The Balaban J connectivity index is 1.26. The highest BCUT2D eigenvalue weighted by Crippen LogP contribution is 2.40. The first kappa shape index (κ1) is 32.1. The summed E-state index contributed by atoms with van der Waals surface area (Å²) in [5.41, 5.74) is 12.5. The van der Waals surface area contributed by atoms with Gasteiger partial charge >= 0.3 is 0 Å². The second-order valence-corrected chi connectivity index (χ2v) is 13.7. The molecule has 0 N–H and O–H groups in total. The summed E-state index contributed by atoms with van der Waals surface area (Å²) in [5.74, 6) is 0.655. The van der Waals surface area contributed by atoms with Crippen molar-refractivity contribution in [2.45, 2.75) is 0 Å². The van der Waals surface area contributed by atoms with E-state index in [0.717, 1.165) is 61.5 Å². The van der Waals surface area contributed by atoms with E-state index in [-0.39, 0.29) is 0 Å². The molecule has 8 aromatic carbocycles. The maximum absolute atomic E-state index is 8.07. The van der Waals surface area contributed by atoms with Gasteiger partial charge in [-0.05, 0) is 69.4 Å². The number of nitrogens with zero attached hydrogens (tertiary/aromatic N) is 4. The molecule has 0 fully saturated rings. The maximum atomic E-state index is 8.07. The summed E-state index contributed by atoms with van der Waals surface area (Å²) in [6, 6.07) is 67.4. The SMILES string of the molecule is [C-]#[N+]c1ccccc1-c1cc(-c2cc(-c3ccccc3)nc(-c3ccccc3)n2)cc(-n2c3ccccc3c3ccc(-c4cccc5ccccc45)cc32)c1. The van der Waals surface area contributed by atoms with Crippen LogP contribution in [0, 0.1) is 6.57 Å². The molecular formula is C51H32N4. The van der Waals surface area contributed by atoms with Gasteiger partial charge in [-0.1, -0.05) is 158 Å². The Labute approximate surface area is 319 Å². The average Bonchev–Trinajstić information content (AvgIpc) is 3.60. The molecule has 4 nitrogen and oxygen atoms in total. The van der Waals surface area contributed by atoms with Crippen LogP contribution in [0.4, 0.5) is 5.69 Å². The molecule has 0 bridgehead atoms. The zero-order chi connectivity index (χ0) is 36.7. The molecule has 2 aromatic heterocycles. The molecule has 10 rings (SSSR count). The smallest absolute Gasteiger partial charge is 0.194 e. The third-order valence-corrected chi connectivity index (χ3v) is 10.4. The lowest BCUT2D eigenvalue weighted by Gasteiger charge is -2.16. The Morgan fingerprint density at radius 2 is 1.02 bits per heavy atom. The summed E-state index contributed by atoms with van der Waals surface area (Å²) < 4.78 is 2.37. The number of aromatic nitrogens is 3. The molecule has 2 heterocycles. The summed E-state index contributed by atoms with van der Waals surface area (Å²) in [5, 5.41) is 4.79. The molecule has 0 aliphatic heterocycles. The van der Waals surface area contributed by atoms with Gasteiger partial charge in [0.1, 0.15) is 0 Å². The van der Waals surface area contributed by atoms with Crippen molar-refractivity contribution in [2.75, 3.05) is 0 Å². The van der Waals surface area contributed by atoms with Gasteiger partial charge in [-0.3, -0.25) is 0 Å². The van der Waals surface area contributed by atoms with E-state index in [1.165, 1.54) is 27.1 Å². The molecule has 4 heteroatoms. The van der Waals surface area contributed by atoms with E-state index in [2.05, 4.69) is 131 Å². The summed E-state index contributed by atoms with van der Waals surface area (Å²) in [4.78, 5) is 14.2. The minimum absolute atomic E-state index is 0.601. The summed E-state index contributed by atoms with van der Waals surface area (Å²) in [6.45, 7) is 8.07. The van der Waals surface area contributed by atoms with Crippen LogP contribution in [0.3, 0.4) is 0 Å². The molecule has 0 unspecified atom stereocenters. The van der Waals surface area contributed by atoms with Crippen molar-refractivity contribution in [3.8, 4) is 61.8 Å². The standard InChI is InChI=1S/C51H32N4/c1-52-46-25-12-10-22-43(46)38-29-39(48-33-47(35-16-4-2-5-17-35)53-51(54-48)36-18-6-3-7-19-36)31-40(30-38)55-49-26-13-11-23-44(49)45-28-27-37(32-50(45)55)42-24-14-20-34-15-8-9-21-41(34)42/h2-33H. The van der Waals surface area contributed by atoms with Gasteiger partial charge in [0.15, 0.2) is 11.5 Å². The van der Waals surface area contributed by atoms with Crippen LogP contribution in [0.5, 0.6) is 0 Å². The molecule has 0 atom stereocenters. The van der Waals surface area contributed by atoms with Crippen LogP contribution >= 0.6 is 0 Å². The third-order valence-electron chi connectivity index (χ3n) is 10.4. The molecule has 256 valence electrons. The number of hydrogen-bond acceptors (Lipinski definition) is 2. The number of rotatable bonds is 6. The second kappa shape index (κ2) is 13.4. The molecule has 0 aliphatic rings. The Bertz CT molecular complexity index is 3040. The third kappa shape index (κ3) is 5.72. The zero-order valence-corrected chi connectivity index (χ0v) is 29.8.